The fourth-order valence-corrected chi connectivity index (χ4v) is 8.61. The molecule has 10 heteroatoms. The zero-order chi connectivity index (χ0) is 47.1. The van der Waals surface area contributed by atoms with E-state index >= 15 is 0 Å². The highest BCUT2D eigenvalue weighted by Crippen LogP contribution is 2.22. The van der Waals surface area contributed by atoms with Crippen LogP contribution >= 0.6 is 0 Å². The van der Waals surface area contributed by atoms with E-state index in [2.05, 4.69) is 32.6 Å². The lowest BCUT2D eigenvalue weighted by atomic mass is 9.94. The van der Waals surface area contributed by atoms with Crippen LogP contribution in [0.15, 0.2) is 0 Å². The Morgan fingerprint density at radius 2 is 0.688 bits per heavy atom. The molecule has 0 radical (unpaired) electrons. The molecule has 0 aromatic carbocycles. The SMILES string of the molecule is CCCCCCCCC(CCCCCC)C(=O)OCCCCCCN(CCCCCCOC(=O)C(CCCCCC)CCCCCCCC)CCOCCOCCN(C(C)O)C(C)O. The van der Waals surface area contributed by atoms with E-state index in [-0.39, 0.29) is 23.8 Å². The van der Waals surface area contributed by atoms with Gasteiger partial charge in [0.25, 0.3) is 0 Å². The summed E-state index contributed by atoms with van der Waals surface area (Å²) in [6.45, 7) is 18.7. The molecule has 0 fully saturated rings. The molecule has 0 aromatic rings. The first-order valence-electron chi connectivity index (χ1n) is 27.5. The largest absolute Gasteiger partial charge is 0.465 e. The van der Waals surface area contributed by atoms with Gasteiger partial charge in [0.1, 0.15) is 12.5 Å². The Labute approximate surface area is 396 Å². The summed E-state index contributed by atoms with van der Waals surface area (Å²) in [6.07, 6.45) is 35.4. The lowest BCUT2D eigenvalue weighted by Gasteiger charge is -2.27. The first kappa shape index (κ1) is 62.7. The molecule has 0 bridgehead atoms. The van der Waals surface area contributed by atoms with Crippen LogP contribution in [0, 0.1) is 11.8 Å². The molecule has 0 aromatic heterocycles. The van der Waals surface area contributed by atoms with Crippen molar-refractivity contribution < 1.29 is 38.7 Å². The Kier molecular flexibility index (Phi) is 47.2. The Bertz CT molecular complexity index is 919. The summed E-state index contributed by atoms with van der Waals surface area (Å²) in [5.74, 6) is 0.194. The van der Waals surface area contributed by atoms with Gasteiger partial charge in [0.05, 0.1) is 51.5 Å². The minimum atomic E-state index is -0.731. The van der Waals surface area contributed by atoms with Crippen molar-refractivity contribution in [2.24, 2.45) is 11.8 Å². The van der Waals surface area contributed by atoms with Gasteiger partial charge in [-0.1, -0.05) is 182 Å². The van der Waals surface area contributed by atoms with E-state index in [1.807, 2.05) is 0 Å². The molecule has 0 aliphatic heterocycles. The van der Waals surface area contributed by atoms with E-state index < -0.39 is 12.5 Å². The predicted octanol–water partition coefficient (Wildman–Crippen LogP) is 13.2. The van der Waals surface area contributed by atoms with E-state index in [9.17, 15) is 19.8 Å². The van der Waals surface area contributed by atoms with Crippen LogP contribution < -0.4 is 0 Å². The highest BCUT2D eigenvalue weighted by molar-refractivity contribution is 5.72. The molecule has 0 aliphatic carbocycles. The summed E-state index contributed by atoms with van der Waals surface area (Å²) < 4.78 is 23.4. The Morgan fingerprint density at radius 3 is 1.06 bits per heavy atom. The lowest BCUT2D eigenvalue weighted by molar-refractivity contribution is -0.150. The smallest absolute Gasteiger partial charge is 0.308 e. The molecule has 0 saturated heterocycles. The van der Waals surface area contributed by atoms with Crippen molar-refractivity contribution in [3.63, 3.8) is 0 Å². The van der Waals surface area contributed by atoms with Crippen molar-refractivity contribution >= 4 is 11.9 Å². The van der Waals surface area contributed by atoms with Gasteiger partial charge in [-0.15, -0.1) is 0 Å². The first-order chi connectivity index (χ1) is 31.2. The van der Waals surface area contributed by atoms with Crippen LogP contribution in [0.5, 0.6) is 0 Å². The van der Waals surface area contributed by atoms with Crippen LogP contribution in [-0.2, 0) is 28.5 Å². The van der Waals surface area contributed by atoms with Crippen LogP contribution in [0.25, 0.3) is 0 Å². The molecule has 0 spiro atoms. The number of unbranched alkanes of at least 4 members (excludes halogenated alkanes) is 22. The number of hydrogen-bond donors (Lipinski definition) is 2. The quantitative estimate of drug-likeness (QED) is 0.0347. The van der Waals surface area contributed by atoms with Crippen molar-refractivity contribution in [3.05, 3.63) is 0 Å². The maximum atomic E-state index is 13.1. The first-order valence-corrected chi connectivity index (χ1v) is 27.5. The van der Waals surface area contributed by atoms with Gasteiger partial charge >= 0.3 is 11.9 Å². The number of esters is 2. The third-order valence-electron chi connectivity index (χ3n) is 12.9. The Balaban J connectivity index is 4.79. The average molecular weight is 913 g/mol. The van der Waals surface area contributed by atoms with E-state index in [4.69, 9.17) is 18.9 Å². The molecule has 64 heavy (non-hydrogen) atoms. The van der Waals surface area contributed by atoms with Gasteiger partial charge in [0.15, 0.2) is 0 Å². The number of rotatable bonds is 51. The average Bonchev–Trinajstić information content (AvgIpc) is 3.27. The van der Waals surface area contributed by atoms with E-state index in [0.717, 1.165) is 122 Å². The van der Waals surface area contributed by atoms with Crippen LogP contribution in [0.2, 0.25) is 0 Å². The van der Waals surface area contributed by atoms with Gasteiger partial charge in [0.2, 0.25) is 0 Å². The van der Waals surface area contributed by atoms with E-state index in [1.54, 1.807) is 18.7 Å². The van der Waals surface area contributed by atoms with Gasteiger partial charge in [-0.25, -0.2) is 0 Å². The van der Waals surface area contributed by atoms with Gasteiger partial charge < -0.3 is 34.1 Å². The third kappa shape index (κ3) is 39.8. The predicted molar refractivity (Wildman–Crippen MR) is 267 cm³/mol. The topological polar surface area (TPSA) is 118 Å². The molecule has 0 amide bonds. The lowest BCUT2D eigenvalue weighted by Crippen LogP contribution is -2.42. The molecule has 4 unspecified atom stereocenters. The summed E-state index contributed by atoms with van der Waals surface area (Å²) in [5.41, 5.74) is 0. The number of hydrogen-bond acceptors (Lipinski definition) is 10. The summed E-state index contributed by atoms with van der Waals surface area (Å²) in [4.78, 5) is 30.3. The normalized spacial score (nSPS) is 13.7. The Morgan fingerprint density at radius 1 is 0.375 bits per heavy atom. The summed E-state index contributed by atoms with van der Waals surface area (Å²) in [7, 11) is 0. The maximum absolute atomic E-state index is 13.1. The summed E-state index contributed by atoms with van der Waals surface area (Å²) in [6, 6.07) is 0. The van der Waals surface area contributed by atoms with Gasteiger partial charge in [-0.3, -0.25) is 14.5 Å². The molecule has 10 nitrogen and oxygen atoms in total. The van der Waals surface area contributed by atoms with E-state index in [1.165, 1.54) is 103 Å². The fraction of sp³-hybridized carbons (Fsp3) is 0.963. The zero-order valence-electron chi connectivity index (χ0n) is 43.2. The molecule has 2 N–H and O–H groups in total. The van der Waals surface area contributed by atoms with Crippen molar-refractivity contribution in [1.29, 1.82) is 0 Å². The highest BCUT2D eigenvalue weighted by atomic mass is 16.5. The molecule has 4 atom stereocenters. The summed E-state index contributed by atoms with van der Waals surface area (Å²) in [5, 5.41) is 19.7. The number of carbonyl (C=O) groups excluding carboxylic acids is 2. The minimum Gasteiger partial charge on any atom is -0.465 e. The highest BCUT2D eigenvalue weighted by Gasteiger charge is 2.21. The molecule has 0 aliphatic rings. The second-order valence-corrected chi connectivity index (χ2v) is 18.9. The van der Waals surface area contributed by atoms with Gasteiger partial charge in [0, 0.05) is 13.1 Å². The maximum Gasteiger partial charge on any atom is 0.308 e. The van der Waals surface area contributed by atoms with Crippen LogP contribution in [0.1, 0.15) is 247 Å². The molecule has 0 saturated carbocycles. The molecular weight excluding hydrogens is 805 g/mol. The van der Waals surface area contributed by atoms with Crippen LogP contribution in [0.3, 0.4) is 0 Å². The van der Waals surface area contributed by atoms with Crippen molar-refractivity contribution in [3.8, 4) is 0 Å². The third-order valence-corrected chi connectivity index (χ3v) is 12.9. The van der Waals surface area contributed by atoms with Gasteiger partial charge in [-0.05, 0) is 78.3 Å². The number of nitrogens with zero attached hydrogens (tertiary/aromatic N) is 2. The van der Waals surface area contributed by atoms with Crippen molar-refractivity contribution in [1.82, 2.24) is 9.80 Å². The number of carbonyl (C=O) groups is 2. The van der Waals surface area contributed by atoms with Crippen LogP contribution in [-0.4, -0.2) is 110 Å². The fourth-order valence-electron chi connectivity index (χ4n) is 8.61. The molecular formula is C54H108N2O8. The molecule has 382 valence electrons. The zero-order valence-corrected chi connectivity index (χ0v) is 43.2. The standard InChI is InChI=1S/C54H108N2O8/c1-7-11-15-19-21-29-37-51(35-27-17-13-9-3)53(59)63-43-33-25-23-31-39-55(41-45-61-47-48-62-46-42-56(49(5)57)50(6)58)40-32-24-26-34-44-64-54(60)52(36-28-18-14-10-4)38-30-22-20-16-12-8-2/h49-52,57-58H,7-48H2,1-6H3. The van der Waals surface area contributed by atoms with Crippen LogP contribution in [0.4, 0.5) is 0 Å². The van der Waals surface area contributed by atoms with Gasteiger partial charge in [-0.2, -0.15) is 0 Å². The van der Waals surface area contributed by atoms with Crippen molar-refractivity contribution in [2.75, 3.05) is 65.8 Å². The number of ether oxygens (including phenoxy) is 4. The Hall–Kier alpha value is -1.30. The monoisotopic (exact) mass is 913 g/mol. The van der Waals surface area contributed by atoms with E-state index in [0.29, 0.717) is 46.2 Å². The number of aliphatic hydroxyl groups is 2. The second kappa shape index (κ2) is 48.2. The second-order valence-electron chi connectivity index (χ2n) is 18.9. The van der Waals surface area contributed by atoms with Crippen molar-refractivity contribution in [2.45, 2.75) is 259 Å². The number of aliphatic hydroxyl groups excluding tert-OH is 2. The minimum absolute atomic E-state index is 0.0341. The summed E-state index contributed by atoms with van der Waals surface area (Å²) >= 11 is 0. The molecule has 0 rings (SSSR count). The molecule has 0 heterocycles.